The maximum Gasteiger partial charge on any atom is 0.292 e. The second kappa shape index (κ2) is 7.41. The van der Waals surface area contributed by atoms with E-state index in [1.807, 2.05) is 11.4 Å². The van der Waals surface area contributed by atoms with Crippen LogP contribution in [0.3, 0.4) is 0 Å². The second-order valence-corrected chi connectivity index (χ2v) is 5.39. The van der Waals surface area contributed by atoms with Crippen LogP contribution in [0.1, 0.15) is 10.4 Å². The molecule has 0 amide bonds. The Balaban J connectivity index is 2.14. The quantitative estimate of drug-likeness (QED) is 0.265. The predicted octanol–water partition coefficient (Wildman–Crippen LogP) is 3.75. The summed E-state index contributed by atoms with van der Waals surface area (Å²) < 4.78 is 0. The summed E-state index contributed by atoms with van der Waals surface area (Å²) in [4.78, 5) is 14.2. The highest BCUT2D eigenvalue weighted by Gasteiger charge is 2.14. The lowest BCUT2D eigenvalue weighted by molar-refractivity contribution is -0.383. The van der Waals surface area contributed by atoms with Crippen LogP contribution < -0.4 is 5.32 Å². The van der Waals surface area contributed by atoms with Crippen LogP contribution in [0.25, 0.3) is 10.4 Å². The molecule has 0 radical (unpaired) electrons. The number of benzene rings is 1. The first-order valence-electron chi connectivity index (χ1n) is 6.38. The van der Waals surface area contributed by atoms with Crippen LogP contribution in [0.2, 0.25) is 0 Å². The van der Waals surface area contributed by atoms with Gasteiger partial charge in [-0.15, -0.1) is 11.3 Å². The highest BCUT2D eigenvalue weighted by Crippen LogP contribution is 2.30. The van der Waals surface area contributed by atoms with Gasteiger partial charge in [-0.3, -0.25) is 10.1 Å². The predicted molar refractivity (Wildman–Crippen MR) is 84.3 cm³/mol. The van der Waals surface area contributed by atoms with Crippen LogP contribution in [0.5, 0.6) is 0 Å². The van der Waals surface area contributed by atoms with Crippen LogP contribution in [0.4, 0.5) is 17.1 Å². The number of nitro groups is 1. The Bertz CT molecular complexity index is 724. The first-order chi connectivity index (χ1) is 10.6. The minimum Gasteiger partial charge on any atom is -0.396 e. The monoisotopic (exact) mass is 319 g/mol. The molecule has 0 saturated heterocycles. The molecule has 1 heterocycles. The largest absolute Gasteiger partial charge is 0.396 e. The maximum atomic E-state index is 11.1. The molecular formula is C13H13N5O3S. The van der Waals surface area contributed by atoms with E-state index < -0.39 is 4.92 Å². The van der Waals surface area contributed by atoms with E-state index in [1.165, 1.54) is 29.5 Å². The topological polar surface area (TPSA) is 124 Å². The Labute approximate surface area is 129 Å². The van der Waals surface area contributed by atoms with Gasteiger partial charge < -0.3 is 10.4 Å². The van der Waals surface area contributed by atoms with Crippen molar-refractivity contribution in [3.05, 3.63) is 60.6 Å². The van der Waals surface area contributed by atoms with E-state index in [0.29, 0.717) is 18.7 Å². The average Bonchev–Trinajstić information content (AvgIpc) is 2.94. The third-order valence-corrected chi connectivity index (χ3v) is 3.89. The molecule has 2 aromatic rings. The van der Waals surface area contributed by atoms with Crippen molar-refractivity contribution in [2.75, 3.05) is 11.9 Å². The lowest BCUT2D eigenvalue weighted by Gasteiger charge is -2.06. The molecule has 0 unspecified atom stereocenters. The number of nitrogens with one attached hydrogen (secondary N) is 1. The van der Waals surface area contributed by atoms with Crippen LogP contribution >= 0.6 is 11.3 Å². The summed E-state index contributed by atoms with van der Waals surface area (Å²) in [5.74, 6) is 0. The molecule has 0 aliphatic rings. The molecule has 0 aliphatic carbocycles. The van der Waals surface area contributed by atoms with Crippen LogP contribution in [0.15, 0.2) is 34.8 Å². The van der Waals surface area contributed by atoms with Gasteiger partial charge in [0.15, 0.2) is 0 Å². The number of nitrogens with zero attached hydrogens (tertiary/aromatic N) is 4. The van der Waals surface area contributed by atoms with Gasteiger partial charge in [0.05, 0.1) is 4.92 Å². The fraction of sp³-hybridized carbons (Fsp3) is 0.231. The molecule has 22 heavy (non-hydrogen) atoms. The molecule has 1 aromatic carbocycles. The van der Waals surface area contributed by atoms with Crippen molar-refractivity contribution in [3.63, 3.8) is 0 Å². The van der Waals surface area contributed by atoms with Crippen LogP contribution in [-0.4, -0.2) is 16.6 Å². The van der Waals surface area contributed by atoms with Crippen LogP contribution in [0, 0.1) is 10.1 Å². The Morgan fingerprint density at radius 2 is 2.27 bits per heavy atom. The zero-order valence-electron chi connectivity index (χ0n) is 11.5. The van der Waals surface area contributed by atoms with Crippen molar-refractivity contribution >= 4 is 28.4 Å². The second-order valence-electron chi connectivity index (χ2n) is 4.40. The molecule has 0 bridgehead atoms. The summed E-state index contributed by atoms with van der Waals surface area (Å²) in [6.07, 6.45) is 0.595. The highest BCUT2D eigenvalue weighted by atomic mass is 32.1. The van der Waals surface area contributed by atoms with Crippen molar-refractivity contribution in [1.82, 2.24) is 0 Å². The highest BCUT2D eigenvalue weighted by molar-refractivity contribution is 7.10. The average molecular weight is 319 g/mol. The van der Waals surface area contributed by atoms with Gasteiger partial charge in [-0.2, -0.15) is 0 Å². The van der Waals surface area contributed by atoms with E-state index in [4.69, 9.17) is 10.6 Å². The Morgan fingerprint density at radius 1 is 1.45 bits per heavy atom. The molecule has 1 aromatic heterocycles. The van der Waals surface area contributed by atoms with Crippen molar-refractivity contribution in [3.8, 4) is 0 Å². The fourth-order valence-corrected chi connectivity index (χ4v) is 2.76. The van der Waals surface area contributed by atoms with Gasteiger partial charge in [0.1, 0.15) is 5.69 Å². The molecule has 2 N–H and O–H groups in total. The third-order valence-electron chi connectivity index (χ3n) is 2.90. The van der Waals surface area contributed by atoms with Gasteiger partial charge in [0.2, 0.25) is 0 Å². The van der Waals surface area contributed by atoms with E-state index in [2.05, 4.69) is 15.3 Å². The summed E-state index contributed by atoms with van der Waals surface area (Å²) in [6, 6.07) is 6.22. The number of thiophene rings is 1. The van der Waals surface area contributed by atoms with Crippen molar-refractivity contribution in [2.45, 2.75) is 13.0 Å². The molecule has 0 spiro atoms. The normalized spacial score (nSPS) is 10.0. The Kier molecular flexibility index (Phi) is 5.31. The molecule has 114 valence electrons. The first-order valence-corrected chi connectivity index (χ1v) is 7.26. The van der Waals surface area contributed by atoms with Gasteiger partial charge in [0, 0.05) is 34.7 Å². The SMILES string of the molecule is [N-]=[N+]=Nc1ccc(NCc2cc(CCO)cs2)c([N+](=O)[O-])c1. The number of aliphatic hydroxyl groups excluding tert-OH is 1. The number of anilines is 1. The minimum atomic E-state index is -0.523. The molecule has 8 nitrogen and oxygen atoms in total. The number of rotatable bonds is 7. The zero-order chi connectivity index (χ0) is 15.9. The summed E-state index contributed by atoms with van der Waals surface area (Å²) in [6.45, 7) is 0.535. The zero-order valence-corrected chi connectivity index (χ0v) is 12.3. The summed E-state index contributed by atoms with van der Waals surface area (Å²) in [5.41, 5.74) is 9.83. The van der Waals surface area contributed by atoms with Gasteiger partial charge in [-0.25, -0.2) is 0 Å². The van der Waals surface area contributed by atoms with E-state index in [-0.39, 0.29) is 18.0 Å². The molecule has 0 fully saturated rings. The van der Waals surface area contributed by atoms with Gasteiger partial charge >= 0.3 is 0 Å². The van der Waals surface area contributed by atoms with Crippen molar-refractivity contribution < 1.29 is 10.0 Å². The molecule has 0 saturated carbocycles. The minimum absolute atomic E-state index is 0.0932. The van der Waals surface area contributed by atoms with Crippen molar-refractivity contribution in [2.24, 2.45) is 5.11 Å². The summed E-state index contributed by atoms with van der Waals surface area (Å²) in [5, 5.41) is 28.3. The smallest absolute Gasteiger partial charge is 0.292 e. The standard InChI is InChI=1S/C13H13N5O3S/c14-17-16-10-1-2-12(13(6-10)18(20)21)15-7-11-5-9(3-4-19)8-22-11/h1-2,5-6,8,15,19H,3-4,7H2. The third kappa shape index (κ3) is 3.95. The first kappa shape index (κ1) is 15.8. The number of hydrogen-bond acceptors (Lipinski definition) is 6. The number of hydrogen-bond donors (Lipinski definition) is 2. The number of azide groups is 1. The molecular weight excluding hydrogens is 306 g/mol. The van der Waals surface area contributed by atoms with E-state index >= 15 is 0 Å². The number of aliphatic hydroxyl groups is 1. The van der Waals surface area contributed by atoms with Crippen molar-refractivity contribution in [1.29, 1.82) is 0 Å². The van der Waals surface area contributed by atoms with E-state index in [9.17, 15) is 10.1 Å². The maximum absolute atomic E-state index is 11.1. The lowest BCUT2D eigenvalue weighted by atomic mass is 10.2. The Hall–Kier alpha value is -2.61. The van der Waals surface area contributed by atoms with E-state index in [1.54, 1.807) is 0 Å². The fourth-order valence-electron chi connectivity index (χ4n) is 1.90. The van der Waals surface area contributed by atoms with Gasteiger partial charge in [0.25, 0.3) is 5.69 Å². The van der Waals surface area contributed by atoms with Crippen LogP contribution in [-0.2, 0) is 13.0 Å². The molecule has 0 atom stereocenters. The summed E-state index contributed by atoms with van der Waals surface area (Å²) in [7, 11) is 0. The molecule has 2 rings (SSSR count). The molecule has 9 heteroatoms. The molecule has 0 aliphatic heterocycles. The lowest BCUT2D eigenvalue weighted by Crippen LogP contribution is -2.01. The Morgan fingerprint density at radius 3 is 2.95 bits per heavy atom. The van der Waals surface area contributed by atoms with Gasteiger partial charge in [-0.1, -0.05) is 11.2 Å². The van der Waals surface area contributed by atoms with E-state index in [0.717, 1.165) is 10.4 Å². The number of nitro benzene ring substituents is 1. The summed E-state index contributed by atoms with van der Waals surface area (Å²) >= 11 is 1.52. The van der Waals surface area contributed by atoms with Gasteiger partial charge in [-0.05, 0) is 35.0 Å².